The smallest absolute Gasteiger partial charge is 0.166 e. The Morgan fingerprint density at radius 3 is 2.31 bits per heavy atom. The largest absolute Gasteiger partial charge is 0.206 e. The van der Waals surface area contributed by atoms with Crippen molar-refractivity contribution in [2.75, 3.05) is 0 Å². The van der Waals surface area contributed by atoms with E-state index in [1.807, 2.05) is 0 Å². The summed E-state index contributed by atoms with van der Waals surface area (Å²) in [4.78, 5) is 0. The molecule has 0 atom stereocenters. The first-order valence-electron chi connectivity index (χ1n) is 12.5. The molecule has 0 bridgehead atoms. The molecule has 1 saturated carbocycles. The van der Waals surface area contributed by atoms with Crippen LogP contribution in [0.1, 0.15) is 82.3 Å². The van der Waals surface area contributed by atoms with Gasteiger partial charge in [-0.25, -0.2) is 13.2 Å². The van der Waals surface area contributed by atoms with Crippen LogP contribution < -0.4 is 0 Å². The van der Waals surface area contributed by atoms with Gasteiger partial charge in [0.15, 0.2) is 11.6 Å². The van der Waals surface area contributed by atoms with E-state index in [0.717, 1.165) is 48.3 Å². The number of hydrogen-bond acceptors (Lipinski definition) is 0. The number of fused-ring (bicyclic) bond motifs is 1. The van der Waals surface area contributed by atoms with Gasteiger partial charge in [-0.15, -0.1) is 0 Å². The molecule has 0 saturated heterocycles. The summed E-state index contributed by atoms with van der Waals surface area (Å²) in [6, 6.07) is 7.15. The van der Waals surface area contributed by atoms with Gasteiger partial charge in [0.1, 0.15) is 5.82 Å². The minimum absolute atomic E-state index is 0.00891. The Kier molecular flexibility index (Phi) is 7.75. The van der Waals surface area contributed by atoms with Crippen molar-refractivity contribution in [3.05, 3.63) is 70.6 Å². The molecule has 32 heavy (non-hydrogen) atoms. The van der Waals surface area contributed by atoms with Crippen LogP contribution in [0.15, 0.2) is 42.0 Å². The van der Waals surface area contributed by atoms with E-state index in [2.05, 4.69) is 13.0 Å². The first-order chi connectivity index (χ1) is 15.5. The Labute approximate surface area is 190 Å². The lowest BCUT2D eigenvalue weighted by Crippen LogP contribution is -2.15. The molecule has 172 valence electrons. The maximum Gasteiger partial charge on any atom is 0.166 e. The maximum absolute atomic E-state index is 14.8. The van der Waals surface area contributed by atoms with Crippen molar-refractivity contribution in [3.8, 4) is 11.1 Å². The number of benzene rings is 2. The Bertz CT molecular complexity index is 951. The average molecular weight is 441 g/mol. The summed E-state index contributed by atoms with van der Waals surface area (Å²) in [5.41, 5.74) is 3.53. The zero-order chi connectivity index (χ0) is 22.5. The molecule has 4 rings (SSSR count). The molecule has 0 heterocycles. The Morgan fingerprint density at radius 1 is 0.812 bits per heavy atom. The van der Waals surface area contributed by atoms with Crippen LogP contribution in [0.4, 0.5) is 13.2 Å². The predicted octanol–water partition coefficient (Wildman–Crippen LogP) is 8.96. The van der Waals surface area contributed by atoms with Crippen molar-refractivity contribution in [3.63, 3.8) is 0 Å². The second-order valence-corrected chi connectivity index (χ2v) is 9.87. The summed E-state index contributed by atoms with van der Waals surface area (Å²) in [5, 5.41) is 0. The van der Waals surface area contributed by atoms with E-state index >= 15 is 0 Å². The summed E-state index contributed by atoms with van der Waals surface area (Å²) in [6.45, 7) is 2.27. The second kappa shape index (κ2) is 10.7. The lowest BCUT2D eigenvalue weighted by atomic mass is 9.77. The molecule has 2 aliphatic rings. The van der Waals surface area contributed by atoms with Crippen molar-refractivity contribution >= 4 is 0 Å². The van der Waals surface area contributed by atoms with E-state index in [1.54, 1.807) is 6.07 Å². The molecule has 0 amide bonds. The third-order valence-corrected chi connectivity index (χ3v) is 7.62. The molecule has 0 aliphatic heterocycles. The second-order valence-electron chi connectivity index (χ2n) is 9.87. The average Bonchev–Trinajstić information content (AvgIpc) is 2.80. The SMILES string of the molecule is CCCCCC1CCC(CCC2=CCc3cc(-c4cccc(F)c4F)c(F)cc3C2)CC1. The van der Waals surface area contributed by atoms with Gasteiger partial charge in [0.2, 0.25) is 0 Å². The van der Waals surface area contributed by atoms with E-state index in [9.17, 15) is 13.2 Å². The van der Waals surface area contributed by atoms with Crippen molar-refractivity contribution in [1.29, 1.82) is 0 Å². The number of unbranched alkanes of at least 4 members (excludes halogenated alkanes) is 2. The highest BCUT2D eigenvalue weighted by molar-refractivity contribution is 5.67. The normalized spacial score (nSPS) is 20.7. The van der Waals surface area contributed by atoms with Gasteiger partial charge < -0.3 is 0 Å². The molecule has 3 heteroatoms. The van der Waals surface area contributed by atoms with Crippen LogP contribution in [-0.2, 0) is 12.8 Å². The van der Waals surface area contributed by atoms with Crippen molar-refractivity contribution in [2.24, 2.45) is 11.8 Å². The van der Waals surface area contributed by atoms with Crippen LogP contribution in [0.2, 0.25) is 0 Å². The highest BCUT2D eigenvalue weighted by atomic mass is 19.2. The van der Waals surface area contributed by atoms with Crippen LogP contribution in [-0.4, -0.2) is 0 Å². The first-order valence-corrected chi connectivity index (χ1v) is 12.5. The van der Waals surface area contributed by atoms with Gasteiger partial charge in [-0.2, -0.15) is 0 Å². The number of halogens is 3. The lowest BCUT2D eigenvalue weighted by molar-refractivity contribution is 0.249. The van der Waals surface area contributed by atoms with E-state index in [4.69, 9.17) is 0 Å². The Balaban J connectivity index is 1.33. The van der Waals surface area contributed by atoms with Crippen molar-refractivity contribution in [2.45, 2.75) is 84.0 Å². The van der Waals surface area contributed by atoms with Crippen LogP contribution in [0, 0.1) is 29.3 Å². The highest BCUT2D eigenvalue weighted by Gasteiger charge is 2.22. The summed E-state index contributed by atoms with van der Waals surface area (Å²) in [7, 11) is 0. The molecular formula is C29H35F3. The zero-order valence-electron chi connectivity index (χ0n) is 19.2. The van der Waals surface area contributed by atoms with Gasteiger partial charge in [-0.3, -0.25) is 0 Å². The number of hydrogen-bond donors (Lipinski definition) is 0. The molecule has 2 aromatic rings. The molecule has 1 fully saturated rings. The molecule has 0 N–H and O–H groups in total. The lowest BCUT2D eigenvalue weighted by Gasteiger charge is -2.29. The maximum atomic E-state index is 14.8. The quantitative estimate of drug-likeness (QED) is 0.284. The van der Waals surface area contributed by atoms with Gasteiger partial charge in [0, 0.05) is 11.1 Å². The Morgan fingerprint density at radius 2 is 1.56 bits per heavy atom. The van der Waals surface area contributed by atoms with Crippen LogP contribution in [0.3, 0.4) is 0 Å². The molecule has 0 aromatic heterocycles. The van der Waals surface area contributed by atoms with E-state index in [0.29, 0.717) is 0 Å². The van der Waals surface area contributed by atoms with Gasteiger partial charge in [0.25, 0.3) is 0 Å². The van der Waals surface area contributed by atoms with Crippen LogP contribution >= 0.6 is 0 Å². The van der Waals surface area contributed by atoms with Gasteiger partial charge in [-0.05, 0) is 66.8 Å². The molecule has 2 aromatic carbocycles. The van der Waals surface area contributed by atoms with E-state index in [1.165, 1.54) is 81.6 Å². The summed E-state index contributed by atoms with van der Waals surface area (Å²) >= 11 is 0. The predicted molar refractivity (Wildman–Crippen MR) is 126 cm³/mol. The number of allylic oxidation sites excluding steroid dienone is 2. The molecule has 0 nitrogen and oxygen atoms in total. The fourth-order valence-corrected chi connectivity index (χ4v) is 5.57. The molecule has 0 spiro atoms. The highest BCUT2D eigenvalue weighted by Crippen LogP contribution is 2.37. The monoisotopic (exact) mass is 440 g/mol. The summed E-state index contributed by atoms with van der Waals surface area (Å²) in [5.74, 6) is -0.639. The van der Waals surface area contributed by atoms with E-state index < -0.39 is 17.5 Å². The third-order valence-electron chi connectivity index (χ3n) is 7.62. The van der Waals surface area contributed by atoms with Crippen molar-refractivity contribution < 1.29 is 13.2 Å². The summed E-state index contributed by atoms with van der Waals surface area (Å²) in [6.07, 6.45) is 17.1. The third kappa shape index (κ3) is 5.47. The van der Waals surface area contributed by atoms with Crippen molar-refractivity contribution in [1.82, 2.24) is 0 Å². The Hall–Kier alpha value is -2.03. The molecule has 0 radical (unpaired) electrons. The van der Waals surface area contributed by atoms with Gasteiger partial charge >= 0.3 is 0 Å². The molecule has 0 unspecified atom stereocenters. The van der Waals surface area contributed by atoms with Gasteiger partial charge in [-0.1, -0.05) is 82.1 Å². The van der Waals surface area contributed by atoms with Crippen LogP contribution in [0.25, 0.3) is 11.1 Å². The first kappa shape index (κ1) is 23.1. The fraction of sp³-hybridized carbons (Fsp3) is 0.517. The van der Waals surface area contributed by atoms with E-state index in [-0.39, 0.29) is 11.1 Å². The standard InChI is InChI=1S/C29H35F3/c1-2-3-4-6-20-9-11-21(12-10-20)13-14-22-15-16-23-18-26(28(31)19-24(23)17-22)25-7-5-8-27(30)29(25)32/h5,7-8,15,18-21H,2-4,6,9-14,16-17H2,1H3. The minimum atomic E-state index is -0.988. The van der Waals surface area contributed by atoms with Gasteiger partial charge in [0.05, 0.1) is 0 Å². The fourth-order valence-electron chi connectivity index (χ4n) is 5.57. The zero-order valence-corrected chi connectivity index (χ0v) is 19.2. The van der Waals surface area contributed by atoms with Crippen LogP contribution in [0.5, 0.6) is 0 Å². The number of rotatable bonds is 8. The molecule has 2 aliphatic carbocycles. The molecular weight excluding hydrogens is 405 g/mol. The minimum Gasteiger partial charge on any atom is -0.206 e. The summed E-state index contributed by atoms with van der Waals surface area (Å²) < 4.78 is 42.6. The topological polar surface area (TPSA) is 0 Å².